The van der Waals surface area contributed by atoms with Crippen LogP contribution in [0.2, 0.25) is 0 Å². The average molecular weight is 389 g/mol. The maximum Gasteiger partial charge on any atom is 0.294 e. The zero-order valence-electron chi connectivity index (χ0n) is 14.9. The van der Waals surface area contributed by atoms with E-state index in [9.17, 15) is 8.42 Å². The molecule has 1 aliphatic heterocycles. The summed E-state index contributed by atoms with van der Waals surface area (Å²) in [5, 5.41) is 3.31. The largest absolute Gasteiger partial charge is 0.491 e. The fourth-order valence-electron chi connectivity index (χ4n) is 2.90. The normalized spacial score (nSPS) is 18.3. The third kappa shape index (κ3) is 5.64. The van der Waals surface area contributed by atoms with Gasteiger partial charge in [0.25, 0.3) is 10.1 Å². The van der Waals surface area contributed by atoms with Gasteiger partial charge in [0.2, 0.25) is 0 Å². The van der Waals surface area contributed by atoms with Crippen LogP contribution in [0, 0.1) is 0 Å². The summed E-state index contributed by atoms with van der Waals surface area (Å²) in [6, 6.07) is 13.6. The van der Waals surface area contributed by atoms with Crippen LogP contribution >= 0.6 is 0 Å². The first-order valence-corrected chi connectivity index (χ1v) is 10.2. The van der Waals surface area contributed by atoms with Gasteiger partial charge in [0.05, 0.1) is 11.5 Å². The highest BCUT2D eigenvalue weighted by molar-refractivity contribution is 7.85. The second kappa shape index (κ2) is 9.14. The van der Waals surface area contributed by atoms with E-state index in [0.29, 0.717) is 6.61 Å². The predicted octanol–water partition coefficient (Wildman–Crippen LogP) is 2.56. The van der Waals surface area contributed by atoms with Crippen molar-refractivity contribution in [3.8, 4) is 5.75 Å². The molecule has 27 heavy (non-hydrogen) atoms. The number of allylic oxidation sites excluding steroid dienone is 1. The zero-order valence-corrected chi connectivity index (χ0v) is 15.7. The van der Waals surface area contributed by atoms with Gasteiger partial charge < -0.3 is 14.8 Å². The lowest BCUT2D eigenvalue weighted by Gasteiger charge is -2.24. The van der Waals surface area contributed by atoms with E-state index in [1.165, 1.54) is 23.3 Å². The Morgan fingerprint density at radius 3 is 2.63 bits per heavy atom. The molecule has 0 unspecified atom stereocenters. The highest BCUT2D eigenvalue weighted by Gasteiger charge is 2.16. The van der Waals surface area contributed by atoms with Crippen LogP contribution in [0.3, 0.4) is 0 Å². The third-order valence-corrected chi connectivity index (χ3v) is 5.13. The number of fused-ring (bicyclic) bond motifs is 1. The van der Waals surface area contributed by atoms with Crippen molar-refractivity contribution in [3.63, 3.8) is 0 Å². The van der Waals surface area contributed by atoms with Crippen molar-refractivity contribution in [2.75, 3.05) is 26.3 Å². The van der Waals surface area contributed by atoms with Gasteiger partial charge in [0.15, 0.2) is 0 Å². The Kier molecular flexibility index (Phi) is 6.63. The molecule has 2 aromatic carbocycles. The summed E-state index contributed by atoms with van der Waals surface area (Å²) in [5.74, 6) is 1.00. The van der Waals surface area contributed by atoms with Crippen LogP contribution in [0.5, 0.6) is 5.75 Å². The van der Waals surface area contributed by atoms with Crippen molar-refractivity contribution in [1.82, 2.24) is 5.32 Å². The highest BCUT2D eigenvalue weighted by atomic mass is 32.2. The highest BCUT2D eigenvalue weighted by Crippen LogP contribution is 2.28. The molecule has 1 fully saturated rings. The van der Waals surface area contributed by atoms with Gasteiger partial charge in [0.1, 0.15) is 18.5 Å². The molecule has 0 amide bonds. The molecule has 0 aromatic heterocycles. The molecule has 6 nitrogen and oxygen atoms in total. The molecule has 2 aliphatic rings. The van der Waals surface area contributed by atoms with E-state index in [1.807, 2.05) is 12.1 Å². The Morgan fingerprint density at radius 1 is 1.15 bits per heavy atom. The van der Waals surface area contributed by atoms with Crippen LogP contribution in [-0.4, -0.2) is 45.4 Å². The minimum atomic E-state index is -4.00. The van der Waals surface area contributed by atoms with Crippen molar-refractivity contribution in [3.05, 3.63) is 65.7 Å². The number of morpholine rings is 1. The Hall–Kier alpha value is -2.19. The molecule has 1 atom stereocenters. The lowest BCUT2D eigenvalue weighted by atomic mass is 10.1. The number of hydrogen-bond acceptors (Lipinski definition) is 5. The smallest absolute Gasteiger partial charge is 0.294 e. The lowest BCUT2D eigenvalue weighted by molar-refractivity contribution is 0.0000401. The summed E-state index contributed by atoms with van der Waals surface area (Å²) in [4.78, 5) is -0.0741. The molecule has 2 aromatic rings. The molecule has 1 aliphatic carbocycles. The van der Waals surface area contributed by atoms with E-state index < -0.39 is 10.1 Å². The fraction of sp³-hybridized carbons (Fsp3) is 0.300. The summed E-state index contributed by atoms with van der Waals surface area (Å²) >= 11 is 0. The fourth-order valence-corrected chi connectivity index (χ4v) is 3.40. The SMILES string of the molecule is C1=Cc2cccc(OC[C@H]3CNCCO3)c2C1.O=S(=O)(O)c1ccccc1. The van der Waals surface area contributed by atoms with Gasteiger partial charge in [0, 0.05) is 18.7 Å². The molecule has 0 bridgehead atoms. The quantitative estimate of drug-likeness (QED) is 0.782. The molecule has 4 rings (SSSR count). The number of benzene rings is 2. The second-order valence-corrected chi connectivity index (χ2v) is 7.65. The van der Waals surface area contributed by atoms with Crippen molar-refractivity contribution in [2.45, 2.75) is 17.4 Å². The first-order chi connectivity index (χ1) is 13.0. The van der Waals surface area contributed by atoms with Gasteiger partial charge in [-0.05, 0) is 30.2 Å². The van der Waals surface area contributed by atoms with Crippen LogP contribution in [0.25, 0.3) is 6.08 Å². The maximum absolute atomic E-state index is 10.4. The van der Waals surface area contributed by atoms with E-state index in [1.54, 1.807) is 18.2 Å². The monoisotopic (exact) mass is 389 g/mol. The van der Waals surface area contributed by atoms with Gasteiger partial charge in [-0.2, -0.15) is 8.42 Å². The predicted molar refractivity (Wildman–Crippen MR) is 104 cm³/mol. The van der Waals surface area contributed by atoms with E-state index in [0.717, 1.165) is 31.9 Å². The first-order valence-electron chi connectivity index (χ1n) is 8.80. The molecule has 0 saturated carbocycles. The molecule has 0 radical (unpaired) electrons. The topological polar surface area (TPSA) is 84.9 Å². The lowest BCUT2D eigenvalue weighted by Crippen LogP contribution is -2.41. The minimum absolute atomic E-state index is 0.0741. The van der Waals surface area contributed by atoms with Crippen LogP contribution in [0.1, 0.15) is 11.1 Å². The summed E-state index contributed by atoms with van der Waals surface area (Å²) in [5.41, 5.74) is 2.58. The number of hydrogen-bond donors (Lipinski definition) is 2. The van der Waals surface area contributed by atoms with Gasteiger partial charge in [-0.3, -0.25) is 4.55 Å². The van der Waals surface area contributed by atoms with Gasteiger partial charge in [-0.15, -0.1) is 0 Å². The van der Waals surface area contributed by atoms with Crippen molar-refractivity contribution < 1.29 is 22.4 Å². The molecule has 144 valence electrons. The Labute approximate surface area is 159 Å². The molecular weight excluding hydrogens is 366 g/mol. The molecule has 7 heteroatoms. The van der Waals surface area contributed by atoms with Gasteiger partial charge in [-0.25, -0.2) is 0 Å². The first kappa shape index (κ1) is 19.6. The van der Waals surface area contributed by atoms with Crippen LogP contribution in [0.15, 0.2) is 59.5 Å². The van der Waals surface area contributed by atoms with Gasteiger partial charge in [-0.1, -0.05) is 42.5 Å². The summed E-state index contributed by atoms with van der Waals surface area (Å²) in [7, 11) is -4.00. The van der Waals surface area contributed by atoms with Crippen LogP contribution in [0.4, 0.5) is 0 Å². The van der Waals surface area contributed by atoms with Crippen molar-refractivity contribution in [1.29, 1.82) is 0 Å². The van der Waals surface area contributed by atoms with E-state index in [2.05, 4.69) is 23.5 Å². The van der Waals surface area contributed by atoms with Crippen LogP contribution in [-0.2, 0) is 21.3 Å². The molecule has 1 heterocycles. The third-order valence-electron chi connectivity index (χ3n) is 4.26. The average Bonchev–Trinajstić information content (AvgIpc) is 3.17. The molecule has 1 saturated heterocycles. The Balaban J connectivity index is 0.000000180. The summed E-state index contributed by atoms with van der Waals surface area (Å²) in [6.45, 7) is 3.24. The Morgan fingerprint density at radius 2 is 1.96 bits per heavy atom. The van der Waals surface area contributed by atoms with Crippen LogP contribution < -0.4 is 10.1 Å². The number of ether oxygens (including phenoxy) is 2. The minimum Gasteiger partial charge on any atom is -0.491 e. The van der Waals surface area contributed by atoms with Crippen molar-refractivity contribution in [2.24, 2.45) is 0 Å². The Bertz CT molecular complexity index is 875. The van der Waals surface area contributed by atoms with Crippen molar-refractivity contribution >= 4 is 16.2 Å². The van der Waals surface area contributed by atoms with Gasteiger partial charge >= 0.3 is 0 Å². The summed E-state index contributed by atoms with van der Waals surface area (Å²) < 4.78 is 40.7. The number of rotatable bonds is 4. The standard InChI is InChI=1S/C14H17NO2.C6H6O3S/c1-3-11-4-2-6-14(13(11)5-1)17-10-12-9-15-7-8-16-12;7-10(8,9)6-4-2-1-3-5-6/h1-4,6,12,15H,5,7-10H2;1-5H,(H,7,8,9)/t12-;/m1./s1. The van der Waals surface area contributed by atoms with E-state index >= 15 is 0 Å². The second-order valence-electron chi connectivity index (χ2n) is 6.23. The van der Waals surface area contributed by atoms with E-state index in [4.69, 9.17) is 14.0 Å². The molecule has 2 N–H and O–H groups in total. The zero-order chi connectivity index (χ0) is 19.1. The number of nitrogens with one attached hydrogen (secondary N) is 1. The maximum atomic E-state index is 10.4. The molecule has 0 spiro atoms. The summed E-state index contributed by atoms with van der Waals surface area (Å²) in [6.07, 6.45) is 5.49. The molecular formula is C20H23NO5S. The van der Waals surface area contributed by atoms with E-state index in [-0.39, 0.29) is 11.0 Å².